The highest BCUT2D eigenvalue weighted by atomic mass is 32.2. The van der Waals surface area contributed by atoms with Crippen molar-refractivity contribution in [2.45, 2.75) is 56.0 Å². The zero-order chi connectivity index (χ0) is 17.9. The van der Waals surface area contributed by atoms with E-state index in [9.17, 15) is 4.79 Å². The Labute approximate surface area is 153 Å². The second kappa shape index (κ2) is 7.45. The zero-order valence-corrected chi connectivity index (χ0v) is 15.5. The van der Waals surface area contributed by atoms with Crippen molar-refractivity contribution in [2.24, 2.45) is 0 Å². The van der Waals surface area contributed by atoms with Gasteiger partial charge in [0.1, 0.15) is 16.4 Å². The third kappa shape index (κ3) is 3.96. The van der Waals surface area contributed by atoms with Crippen LogP contribution >= 0.6 is 11.8 Å². The van der Waals surface area contributed by atoms with E-state index < -0.39 is 5.54 Å². The molecule has 1 aliphatic carbocycles. The maximum atomic E-state index is 12.4. The third-order valence-electron chi connectivity index (χ3n) is 4.73. The van der Waals surface area contributed by atoms with Crippen LogP contribution in [0.2, 0.25) is 0 Å². The third-order valence-corrected chi connectivity index (χ3v) is 5.72. The van der Waals surface area contributed by atoms with E-state index in [0.29, 0.717) is 11.7 Å². The van der Waals surface area contributed by atoms with E-state index in [1.165, 1.54) is 11.8 Å². The van der Waals surface area contributed by atoms with Gasteiger partial charge >= 0.3 is 0 Å². The normalized spacial score (nSPS) is 14.3. The average Bonchev–Trinajstić information content (AvgIpc) is 3.49. The molecule has 3 rings (SSSR count). The molecular weight excluding hydrogens is 330 g/mol. The van der Waals surface area contributed by atoms with Crippen molar-refractivity contribution in [1.82, 2.24) is 15.3 Å². The van der Waals surface area contributed by atoms with Gasteiger partial charge in [-0.3, -0.25) is 4.79 Å². The highest BCUT2D eigenvalue weighted by Crippen LogP contribution is 2.39. The number of carbonyl (C=O) groups excluding carboxylic acids is 1. The largest absolute Gasteiger partial charge is 0.339 e. The van der Waals surface area contributed by atoms with Crippen LogP contribution in [0, 0.1) is 12.3 Å². The summed E-state index contributed by atoms with van der Waals surface area (Å²) in [6.45, 7) is 3.99. The van der Waals surface area contributed by atoms with Crippen molar-refractivity contribution >= 4 is 28.6 Å². The molecule has 1 N–H and O–H groups in total. The van der Waals surface area contributed by atoms with Crippen LogP contribution in [-0.4, -0.2) is 27.2 Å². The maximum absolute atomic E-state index is 12.4. The SMILES string of the molecule is C#CC(CC)(CC)NC(=O)CSc1nc(C2CC2)nc2ccccc12. The molecule has 130 valence electrons. The molecular formula is C20H23N3OS. The van der Waals surface area contributed by atoms with Gasteiger partial charge in [0.15, 0.2) is 0 Å². The topological polar surface area (TPSA) is 54.9 Å². The van der Waals surface area contributed by atoms with Gasteiger partial charge in [0.05, 0.1) is 11.3 Å². The van der Waals surface area contributed by atoms with E-state index in [1.807, 2.05) is 38.1 Å². The molecule has 0 atom stereocenters. The number of benzene rings is 1. The fourth-order valence-electron chi connectivity index (χ4n) is 2.80. The number of terminal acetylenes is 1. The number of hydrogen-bond donors (Lipinski definition) is 1. The van der Waals surface area contributed by atoms with E-state index in [-0.39, 0.29) is 5.91 Å². The van der Waals surface area contributed by atoms with Crippen LogP contribution in [0.5, 0.6) is 0 Å². The fraction of sp³-hybridized carbons (Fsp3) is 0.450. The van der Waals surface area contributed by atoms with E-state index in [4.69, 9.17) is 11.4 Å². The molecule has 25 heavy (non-hydrogen) atoms. The fourth-order valence-corrected chi connectivity index (χ4v) is 3.63. The summed E-state index contributed by atoms with van der Waals surface area (Å²) in [6, 6.07) is 7.97. The monoisotopic (exact) mass is 353 g/mol. The van der Waals surface area contributed by atoms with Gasteiger partial charge in [0.25, 0.3) is 0 Å². The second-order valence-electron chi connectivity index (χ2n) is 6.45. The Bertz CT molecular complexity index is 819. The molecule has 0 radical (unpaired) electrons. The van der Waals surface area contributed by atoms with Gasteiger partial charge in [-0.2, -0.15) is 0 Å². The summed E-state index contributed by atoms with van der Waals surface area (Å²) in [4.78, 5) is 21.8. The van der Waals surface area contributed by atoms with Crippen LogP contribution in [0.25, 0.3) is 10.9 Å². The van der Waals surface area contributed by atoms with Crippen LogP contribution in [-0.2, 0) is 4.79 Å². The molecule has 0 saturated heterocycles. The molecule has 0 unspecified atom stereocenters. The minimum Gasteiger partial charge on any atom is -0.339 e. The predicted molar refractivity (Wildman–Crippen MR) is 103 cm³/mol. The van der Waals surface area contributed by atoms with E-state index in [1.54, 1.807) is 0 Å². The summed E-state index contributed by atoms with van der Waals surface area (Å²) in [6.07, 6.45) is 9.38. The van der Waals surface area contributed by atoms with E-state index in [2.05, 4.69) is 16.2 Å². The Hall–Kier alpha value is -2.06. The number of hydrogen-bond acceptors (Lipinski definition) is 4. The zero-order valence-electron chi connectivity index (χ0n) is 14.7. The maximum Gasteiger partial charge on any atom is 0.231 e. The molecule has 2 aromatic rings. The standard InChI is InChI=1S/C20H23N3OS/c1-4-20(5-2,6-3)23-17(24)13-25-19-15-9-7-8-10-16(15)21-18(22-19)14-11-12-14/h1,7-10,14H,5-6,11-13H2,2-3H3,(H,23,24). The lowest BCUT2D eigenvalue weighted by molar-refractivity contribution is -0.119. The number of nitrogens with zero attached hydrogens (tertiary/aromatic N) is 2. The quantitative estimate of drug-likeness (QED) is 0.466. The second-order valence-corrected chi connectivity index (χ2v) is 7.41. The number of para-hydroxylation sites is 1. The highest BCUT2D eigenvalue weighted by Gasteiger charge is 2.28. The highest BCUT2D eigenvalue weighted by molar-refractivity contribution is 8.00. The molecule has 1 aromatic heterocycles. The van der Waals surface area contributed by atoms with Crippen LogP contribution in [0.4, 0.5) is 0 Å². The lowest BCUT2D eigenvalue weighted by Crippen LogP contribution is -2.47. The lowest BCUT2D eigenvalue weighted by Gasteiger charge is -2.26. The molecule has 4 nitrogen and oxygen atoms in total. The molecule has 1 aromatic carbocycles. The number of nitrogens with one attached hydrogen (secondary N) is 1. The Morgan fingerprint density at radius 3 is 2.68 bits per heavy atom. The van der Waals surface area contributed by atoms with Gasteiger partial charge < -0.3 is 5.32 Å². The number of thioether (sulfide) groups is 1. The number of amides is 1. The molecule has 1 aliphatic rings. The van der Waals surface area contributed by atoms with Crippen LogP contribution in [0.1, 0.15) is 51.3 Å². The first-order valence-electron chi connectivity index (χ1n) is 8.79. The first-order valence-corrected chi connectivity index (χ1v) is 9.77. The lowest BCUT2D eigenvalue weighted by atomic mass is 9.94. The van der Waals surface area contributed by atoms with Crippen molar-refractivity contribution in [3.05, 3.63) is 30.1 Å². The summed E-state index contributed by atoms with van der Waals surface area (Å²) in [5.74, 6) is 4.37. The van der Waals surface area contributed by atoms with Gasteiger partial charge in [-0.25, -0.2) is 9.97 Å². The first kappa shape index (κ1) is 17.8. The summed E-state index contributed by atoms with van der Waals surface area (Å²) in [5, 5.41) is 4.88. The first-order chi connectivity index (χ1) is 12.1. The summed E-state index contributed by atoms with van der Waals surface area (Å²) in [5.41, 5.74) is 0.396. The molecule has 0 aliphatic heterocycles. The van der Waals surface area contributed by atoms with Crippen LogP contribution < -0.4 is 5.32 Å². The minimum absolute atomic E-state index is 0.0534. The number of carbonyl (C=O) groups is 1. The number of fused-ring (bicyclic) bond motifs is 1. The van der Waals surface area contributed by atoms with Gasteiger partial charge in [-0.05, 0) is 31.7 Å². The van der Waals surface area contributed by atoms with Gasteiger partial charge in [-0.1, -0.05) is 49.7 Å². The molecule has 1 saturated carbocycles. The van der Waals surface area contributed by atoms with Gasteiger partial charge in [0.2, 0.25) is 5.91 Å². The molecule has 0 bridgehead atoms. The van der Waals surface area contributed by atoms with E-state index in [0.717, 1.165) is 47.4 Å². The Morgan fingerprint density at radius 2 is 2.04 bits per heavy atom. The van der Waals surface area contributed by atoms with Crippen LogP contribution in [0.15, 0.2) is 29.3 Å². The average molecular weight is 353 g/mol. The van der Waals surface area contributed by atoms with Gasteiger partial charge in [-0.15, -0.1) is 6.42 Å². The molecule has 5 heteroatoms. The van der Waals surface area contributed by atoms with Crippen molar-refractivity contribution in [1.29, 1.82) is 0 Å². The molecule has 1 fully saturated rings. The van der Waals surface area contributed by atoms with Crippen molar-refractivity contribution in [2.75, 3.05) is 5.75 Å². The smallest absolute Gasteiger partial charge is 0.231 e. The Balaban J connectivity index is 1.76. The van der Waals surface area contributed by atoms with E-state index >= 15 is 0 Å². The molecule has 0 spiro atoms. The van der Waals surface area contributed by atoms with Crippen molar-refractivity contribution in [3.8, 4) is 12.3 Å². The van der Waals surface area contributed by atoms with Crippen molar-refractivity contribution in [3.63, 3.8) is 0 Å². The number of aromatic nitrogens is 2. The van der Waals surface area contributed by atoms with Gasteiger partial charge in [0, 0.05) is 11.3 Å². The predicted octanol–water partition coefficient (Wildman–Crippen LogP) is 3.91. The summed E-state index contributed by atoms with van der Waals surface area (Å²) >= 11 is 1.46. The number of rotatable bonds is 7. The molecule has 1 amide bonds. The van der Waals surface area contributed by atoms with Crippen LogP contribution in [0.3, 0.4) is 0 Å². The molecule has 1 heterocycles. The summed E-state index contributed by atoms with van der Waals surface area (Å²) in [7, 11) is 0. The summed E-state index contributed by atoms with van der Waals surface area (Å²) < 4.78 is 0. The Morgan fingerprint density at radius 1 is 1.32 bits per heavy atom. The Kier molecular flexibility index (Phi) is 5.29. The van der Waals surface area contributed by atoms with Crippen molar-refractivity contribution < 1.29 is 4.79 Å². The minimum atomic E-state index is -0.551.